The van der Waals surface area contributed by atoms with E-state index in [4.69, 9.17) is 16.9 Å². The predicted octanol–water partition coefficient (Wildman–Crippen LogP) is 1.48. The summed E-state index contributed by atoms with van der Waals surface area (Å²) in [6.45, 7) is 0. The highest BCUT2D eigenvalue weighted by Gasteiger charge is 2.30. The van der Waals surface area contributed by atoms with Crippen LogP contribution in [-0.4, -0.2) is 12.0 Å². The zero-order chi connectivity index (χ0) is 13.2. The minimum absolute atomic E-state index is 0.00185. The molecule has 0 radical (unpaired) electrons. The first-order valence-electron chi connectivity index (χ1n) is 4.34. The summed E-state index contributed by atoms with van der Waals surface area (Å²) in [7, 11) is 0. The van der Waals surface area contributed by atoms with E-state index in [-0.39, 0.29) is 5.69 Å². The number of carbonyl (C=O) groups excluding carboxylic acids is 1. The molecule has 5 nitrogen and oxygen atoms in total. The number of carbonyl (C=O) groups is 1. The molecule has 8 heteroatoms. The Labute approximate surface area is 94.3 Å². The van der Waals surface area contributed by atoms with Gasteiger partial charge in [0.2, 0.25) is 5.96 Å². The van der Waals surface area contributed by atoms with E-state index in [1.807, 2.05) is 0 Å². The largest absolute Gasteiger partial charge is 0.416 e. The summed E-state index contributed by atoms with van der Waals surface area (Å²) in [4.78, 5) is 11.5. The third-order valence-corrected chi connectivity index (χ3v) is 1.91. The summed E-state index contributed by atoms with van der Waals surface area (Å²) in [5.41, 5.74) is 9.15. The van der Waals surface area contributed by atoms with Crippen LogP contribution in [0.2, 0.25) is 0 Å². The Morgan fingerprint density at radius 2 is 1.65 bits per heavy atom. The van der Waals surface area contributed by atoms with Crippen LogP contribution in [0.1, 0.15) is 5.56 Å². The monoisotopic (exact) mass is 246 g/mol. The normalized spacial score (nSPS) is 11.0. The Morgan fingerprint density at radius 3 is 1.94 bits per heavy atom. The number of nitrogens with zero attached hydrogens (tertiary/aromatic N) is 1. The van der Waals surface area contributed by atoms with Crippen molar-refractivity contribution in [2.24, 2.45) is 11.5 Å². The number of amides is 2. The van der Waals surface area contributed by atoms with Crippen LogP contribution < -0.4 is 16.4 Å². The summed E-state index contributed by atoms with van der Waals surface area (Å²) in [5, 5.41) is 7.08. The summed E-state index contributed by atoms with van der Waals surface area (Å²) in [6, 6.07) is 2.52. The van der Waals surface area contributed by atoms with Crippen molar-refractivity contribution in [2.45, 2.75) is 6.18 Å². The molecule has 2 amide bonds. The highest BCUT2D eigenvalue weighted by molar-refractivity contribution is 6.13. The summed E-state index contributed by atoms with van der Waals surface area (Å²) in [5.74, 6) is -0.669. The van der Waals surface area contributed by atoms with E-state index in [1.165, 1.54) is 0 Å². The first-order chi connectivity index (χ1) is 7.73. The number of hydrogen-bond donors (Lipinski definition) is 3. The maximum atomic E-state index is 12.3. The van der Waals surface area contributed by atoms with Crippen LogP contribution >= 0.6 is 0 Å². The fourth-order valence-electron chi connectivity index (χ4n) is 1.18. The molecule has 0 aliphatic heterocycles. The van der Waals surface area contributed by atoms with Gasteiger partial charge >= 0.3 is 12.2 Å². The van der Waals surface area contributed by atoms with Crippen molar-refractivity contribution in [1.82, 2.24) is 0 Å². The molecule has 0 fully saturated rings. The second kappa shape index (κ2) is 4.32. The number of benzene rings is 1. The average molecular weight is 246 g/mol. The number of anilines is 1. The van der Waals surface area contributed by atoms with Crippen LogP contribution in [0, 0.1) is 5.41 Å². The van der Waals surface area contributed by atoms with Gasteiger partial charge in [-0.05, 0) is 24.3 Å². The highest BCUT2D eigenvalue weighted by Crippen LogP contribution is 2.30. The predicted molar refractivity (Wildman–Crippen MR) is 55.4 cm³/mol. The first kappa shape index (κ1) is 12.8. The van der Waals surface area contributed by atoms with Crippen LogP contribution in [0.4, 0.5) is 23.7 Å². The number of nitrogens with one attached hydrogen (secondary N) is 1. The summed E-state index contributed by atoms with van der Waals surface area (Å²) >= 11 is 0. The fraction of sp³-hybridized carbons (Fsp3) is 0.111. The van der Waals surface area contributed by atoms with Crippen LogP contribution in [0.5, 0.6) is 0 Å². The van der Waals surface area contributed by atoms with E-state index in [9.17, 15) is 18.0 Å². The van der Waals surface area contributed by atoms with Gasteiger partial charge in [0.05, 0.1) is 11.3 Å². The van der Waals surface area contributed by atoms with Crippen molar-refractivity contribution in [2.75, 3.05) is 4.90 Å². The second-order valence-corrected chi connectivity index (χ2v) is 3.10. The lowest BCUT2D eigenvalue weighted by Crippen LogP contribution is -2.44. The maximum Gasteiger partial charge on any atom is 0.416 e. The molecule has 0 aliphatic rings. The quantitative estimate of drug-likeness (QED) is 0.517. The van der Waals surface area contributed by atoms with Gasteiger partial charge in [-0.3, -0.25) is 5.41 Å². The molecule has 1 rings (SSSR count). The van der Waals surface area contributed by atoms with Crippen LogP contribution in [0.15, 0.2) is 24.3 Å². The van der Waals surface area contributed by atoms with E-state index in [2.05, 4.69) is 0 Å². The lowest BCUT2D eigenvalue weighted by atomic mass is 10.2. The van der Waals surface area contributed by atoms with Gasteiger partial charge in [0.1, 0.15) is 0 Å². The molecule has 0 atom stereocenters. The molecule has 92 valence electrons. The molecular weight excluding hydrogens is 237 g/mol. The van der Waals surface area contributed by atoms with Crippen molar-refractivity contribution in [3.05, 3.63) is 29.8 Å². The third kappa shape index (κ3) is 2.86. The van der Waals surface area contributed by atoms with Crippen LogP contribution in [-0.2, 0) is 6.18 Å². The van der Waals surface area contributed by atoms with Gasteiger partial charge in [-0.2, -0.15) is 13.2 Å². The smallest absolute Gasteiger partial charge is 0.369 e. The first-order valence-corrected chi connectivity index (χ1v) is 4.34. The van der Waals surface area contributed by atoms with Crippen LogP contribution in [0.25, 0.3) is 0 Å². The Kier molecular flexibility index (Phi) is 3.26. The molecule has 17 heavy (non-hydrogen) atoms. The molecule has 0 aromatic heterocycles. The van der Waals surface area contributed by atoms with Crippen LogP contribution in [0.3, 0.4) is 0 Å². The Morgan fingerprint density at radius 1 is 1.18 bits per heavy atom. The molecule has 0 aliphatic carbocycles. The van der Waals surface area contributed by atoms with Crippen molar-refractivity contribution in [1.29, 1.82) is 5.41 Å². The van der Waals surface area contributed by atoms with E-state index in [0.29, 0.717) is 4.90 Å². The lowest BCUT2D eigenvalue weighted by Gasteiger charge is -2.18. The zero-order valence-corrected chi connectivity index (χ0v) is 8.45. The topological polar surface area (TPSA) is 96.2 Å². The molecule has 0 unspecified atom stereocenters. The number of guanidine groups is 1. The Bertz CT molecular complexity index is 427. The number of rotatable bonds is 1. The molecule has 1 aromatic carbocycles. The van der Waals surface area contributed by atoms with Gasteiger partial charge in [-0.25, -0.2) is 9.69 Å². The zero-order valence-electron chi connectivity index (χ0n) is 8.45. The molecular formula is C9H9F3N4O. The molecule has 5 N–H and O–H groups in total. The third-order valence-electron chi connectivity index (χ3n) is 1.91. The molecule has 0 heterocycles. The van der Waals surface area contributed by atoms with E-state index < -0.39 is 23.7 Å². The molecule has 0 spiro atoms. The lowest BCUT2D eigenvalue weighted by molar-refractivity contribution is -0.137. The number of hydrogen-bond acceptors (Lipinski definition) is 2. The fourth-order valence-corrected chi connectivity index (χ4v) is 1.18. The van der Waals surface area contributed by atoms with Gasteiger partial charge in [-0.15, -0.1) is 0 Å². The van der Waals surface area contributed by atoms with E-state index in [1.54, 1.807) is 0 Å². The molecule has 0 saturated carbocycles. The Hall–Kier alpha value is -2.25. The number of urea groups is 1. The van der Waals surface area contributed by atoms with Crippen molar-refractivity contribution >= 4 is 17.7 Å². The Balaban J connectivity index is 3.09. The van der Waals surface area contributed by atoms with Crippen molar-refractivity contribution in [3.8, 4) is 0 Å². The van der Waals surface area contributed by atoms with Gasteiger partial charge in [0.25, 0.3) is 0 Å². The second-order valence-electron chi connectivity index (χ2n) is 3.10. The van der Waals surface area contributed by atoms with Gasteiger partial charge in [-0.1, -0.05) is 0 Å². The minimum Gasteiger partial charge on any atom is -0.369 e. The van der Waals surface area contributed by atoms with Gasteiger partial charge in [0.15, 0.2) is 0 Å². The average Bonchev–Trinajstić information content (AvgIpc) is 2.15. The minimum atomic E-state index is -4.47. The molecule has 0 saturated heterocycles. The van der Waals surface area contributed by atoms with Gasteiger partial charge < -0.3 is 11.5 Å². The molecule has 0 bridgehead atoms. The SMILES string of the molecule is N=C(N)N(C(N)=O)c1ccc(C(F)(F)F)cc1. The standard InChI is InChI=1S/C9H9F3N4O/c10-9(11,12)5-1-3-6(4-2-5)16(7(13)14)8(15)17/h1-4H,(H3,13,14)(H2,15,17). The number of halogens is 3. The van der Waals surface area contributed by atoms with E-state index >= 15 is 0 Å². The summed E-state index contributed by atoms with van der Waals surface area (Å²) in [6.07, 6.45) is -4.47. The van der Waals surface area contributed by atoms with E-state index in [0.717, 1.165) is 24.3 Å². The summed E-state index contributed by atoms with van der Waals surface area (Å²) < 4.78 is 36.8. The number of alkyl halides is 3. The number of nitrogens with two attached hydrogens (primary N) is 2. The van der Waals surface area contributed by atoms with Crippen molar-refractivity contribution < 1.29 is 18.0 Å². The highest BCUT2D eigenvalue weighted by atomic mass is 19.4. The molecule has 1 aromatic rings. The van der Waals surface area contributed by atoms with Crippen molar-refractivity contribution in [3.63, 3.8) is 0 Å². The number of primary amides is 1. The maximum absolute atomic E-state index is 12.3. The van der Waals surface area contributed by atoms with Gasteiger partial charge in [0, 0.05) is 0 Å².